The average Bonchev–Trinajstić information content (AvgIpc) is 3.41. The van der Waals surface area contributed by atoms with Gasteiger partial charge in [0, 0.05) is 13.0 Å². The Morgan fingerprint density at radius 2 is 0.827 bits per heavy atom. The molecule has 75 heavy (non-hydrogen) atoms. The second-order valence-electron chi connectivity index (χ2n) is 21.2. The van der Waals surface area contributed by atoms with Crippen LogP contribution in [0.25, 0.3) is 0 Å². The third-order valence-corrected chi connectivity index (χ3v) is 14.3. The highest BCUT2D eigenvalue weighted by atomic mass is 16.7. The molecule has 2 rings (SSSR count). The molecule has 0 amide bonds. The zero-order chi connectivity index (χ0) is 54.4. The van der Waals surface area contributed by atoms with Crippen molar-refractivity contribution in [3.05, 3.63) is 48.6 Å². The van der Waals surface area contributed by atoms with Gasteiger partial charge in [0.2, 0.25) is 0 Å². The molecule has 2 heterocycles. The Kier molecular flexibility index (Phi) is 44.1. The number of carbonyl (C=O) groups is 1. The Balaban J connectivity index is 1.67. The summed E-state index contributed by atoms with van der Waals surface area (Å²) in [4.78, 5) is 13.1. The smallest absolute Gasteiger partial charge is 0.306 e. The van der Waals surface area contributed by atoms with E-state index in [-0.39, 0.29) is 25.6 Å². The number of aliphatic hydroxyl groups is 7. The molecule has 11 atom stereocenters. The Hall–Kier alpha value is -2.05. The predicted molar refractivity (Wildman–Crippen MR) is 298 cm³/mol. The Morgan fingerprint density at radius 1 is 0.440 bits per heavy atom. The van der Waals surface area contributed by atoms with Crippen LogP contribution in [0.1, 0.15) is 232 Å². The monoisotopic (exact) mass is 1070 g/mol. The van der Waals surface area contributed by atoms with Crippen molar-refractivity contribution in [1.82, 2.24) is 0 Å². The molecular formula is C61H110O14. The highest BCUT2D eigenvalue weighted by Crippen LogP contribution is 2.27. The van der Waals surface area contributed by atoms with Crippen LogP contribution in [-0.4, -0.2) is 142 Å². The summed E-state index contributed by atoms with van der Waals surface area (Å²) < 4.78 is 34.4. The van der Waals surface area contributed by atoms with Gasteiger partial charge in [-0.05, 0) is 77.0 Å². The SMILES string of the molecule is CCCCC/C=C\C/C=C\CCCCCCCC(=O)OC(COCCCCCCCCCCCCCCCC/C=C\C/C=C\CCCCCCC)COC1OC(COC2OC(CO)C(O)C(O)C2O)C(O)C(O)C1O. The molecule has 2 saturated heterocycles. The van der Waals surface area contributed by atoms with E-state index in [0.717, 1.165) is 70.6 Å². The minimum absolute atomic E-state index is 0.0559. The first-order valence-corrected chi connectivity index (χ1v) is 30.2. The van der Waals surface area contributed by atoms with Crippen molar-refractivity contribution in [2.75, 3.05) is 33.0 Å². The number of hydrogen-bond acceptors (Lipinski definition) is 14. The van der Waals surface area contributed by atoms with Gasteiger partial charge in [0.05, 0.1) is 26.4 Å². The fraction of sp³-hybridized carbons (Fsp3) is 0.852. The number of allylic oxidation sites excluding steroid dienone is 8. The zero-order valence-corrected chi connectivity index (χ0v) is 47.0. The van der Waals surface area contributed by atoms with Crippen molar-refractivity contribution in [3.8, 4) is 0 Å². The van der Waals surface area contributed by atoms with Gasteiger partial charge >= 0.3 is 5.97 Å². The van der Waals surface area contributed by atoms with Gasteiger partial charge in [0.15, 0.2) is 12.6 Å². The van der Waals surface area contributed by atoms with E-state index < -0.39 is 80.7 Å². The maximum Gasteiger partial charge on any atom is 0.306 e. The van der Waals surface area contributed by atoms with Gasteiger partial charge in [-0.3, -0.25) is 4.79 Å². The summed E-state index contributed by atoms with van der Waals surface area (Å²) in [6, 6.07) is 0. The third kappa shape index (κ3) is 34.5. The fourth-order valence-electron chi connectivity index (χ4n) is 9.41. The summed E-state index contributed by atoms with van der Waals surface area (Å²) in [6.45, 7) is 3.65. The molecule has 0 radical (unpaired) electrons. The first kappa shape index (κ1) is 69.1. The van der Waals surface area contributed by atoms with E-state index in [1.54, 1.807) is 0 Å². The van der Waals surface area contributed by atoms with Crippen molar-refractivity contribution in [2.45, 2.75) is 300 Å². The lowest BCUT2D eigenvalue weighted by Gasteiger charge is -2.42. The van der Waals surface area contributed by atoms with Gasteiger partial charge in [0.1, 0.15) is 54.9 Å². The highest BCUT2D eigenvalue weighted by molar-refractivity contribution is 5.69. The van der Waals surface area contributed by atoms with Crippen molar-refractivity contribution in [2.24, 2.45) is 0 Å². The van der Waals surface area contributed by atoms with Crippen molar-refractivity contribution in [1.29, 1.82) is 0 Å². The molecule has 0 aromatic carbocycles. The summed E-state index contributed by atoms with van der Waals surface area (Å²) in [5.41, 5.74) is 0. The van der Waals surface area contributed by atoms with Gasteiger partial charge in [-0.25, -0.2) is 0 Å². The Morgan fingerprint density at radius 3 is 1.31 bits per heavy atom. The molecule has 14 heteroatoms. The van der Waals surface area contributed by atoms with E-state index >= 15 is 0 Å². The number of rotatable bonds is 49. The van der Waals surface area contributed by atoms with Crippen LogP contribution in [0, 0.1) is 0 Å². The van der Waals surface area contributed by atoms with Crippen LogP contribution in [0.2, 0.25) is 0 Å². The first-order chi connectivity index (χ1) is 36.6. The minimum atomic E-state index is -1.71. The molecule has 0 bridgehead atoms. The number of hydrogen-bond donors (Lipinski definition) is 7. The average molecular weight is 1070 g/mol. The highest BCUT2D eigenvalue weighted by Gasteiger charge is 2.47. The van der Waals surface area contributed by atoms with Gasteiger partial charge in [-0.15, -0.1) is 0 Å². The number of esters is 1. The molecule has 0 aromatic heterocycles. The van der Waals surface area contributed by atoms with E-state index in [9.17, 15) is 40.5 Å². The maximum atomic E-state index is 13.1. The third-order valence-electron chi connectivity index (χ3n) is 14.3. The van der Waals surface area contributed by atoms with Crippen LogP contribution >= 0.6 is 0 Å². The lowest BCUT2D eigenvalue weighted by Crippen LogP contribution is -2.61. The molecule has 0 aliphatic carbocycles. The molecule has 11 unspecified atom stereocenters. The predicted octanol–water partition coefficient (Wildman–Crippen LogP) is 11.1. The second kappa shape index (κ2) is 47.9. The number of aliphatic hydroxyl groups excluding tert-OH is 7. The maximum absolute atomic E-state index is 13.1. The molecule has 2 fully saturated rings. The molecule has 438 valence electrons. The minimum Gasteiger partial charge on any atom is -0.457 e. The molecule has 2 aliphatic rings. The van der Waals surface area contributed by atoms with Crippen LogP contribution in [0.4, 0.5) is 0 Å². The number of unbranched alkanes of at least 4 members (excludes halogenated alkanes) is 27. The fourth-order valence-corrected chi connectivity index (χ4v) is 9.41. The second-order valence-corrected chi connectivity index (χ2v) is 21.2. The van der Waals surface area contributed by atoms with Crippen LogP contribution < -0.4 is 0 Å². The van der Waals surface area contributed by atoms with Crippen LogP contribution in [0.15, 0.2) is 48.6 Å². The molecular weight excluding hydrogens is 957 g/mol. The zero-order valence-electron chi connectivity index (χ0n) is 47.0. The summed E-state index contributed by atoms with van der Waals surface area (Å²) in [6.07, 6.45) is 41.8. The van der Waals surface area contributed by atoms with Crippen molar-refractivity contribution in [3.63, 3.8) is 0 Å². The van der Waals surface area contributed by atoms with Crippen LogP contribution in [-0.2, 0) is 33.2 Å². The molecule has 2 aliphatic heterocycles. The summed E-state index contributed by atoms with van der Waals surface area (Å²) in [5, 5.41) is 72.3. The van der Waals surface area contributed by atoms with Gasteiger partial charge < -0.3 is 64.2 Å². The lowest BCUT2D eigenvalue weighted by molar-refractivity contribution is -0.332. The standard InChI is InChI=1S/C61H110O14/c1-3-5-7-9-11-13-15-17-19-20-21-22-23-24-25-26-27-28-29-31-33-35-37-39-41-43-45-70-47-50(73-53(63)44-42-40-38-36-34-32-30-18-16-14-12-10-8-6-4-2)48-71-60-59(69)57(67)55(65)52(75-60)49-72-61-58(68)56(66)54(64)51(46-62)74-61/h12,14-15,17-18,20-21,30,50-52,54-62,64-69H,3-11,13,16,19,22-29,31-49H2,1-2H3/b14-12-,17-15-,21-20-,30-18-. The van der Waals surface area contributed by atoms with Gasteiger partial charge in [0.25, 0.3) is 0 Å². The first-order valence-electron chi connectivity index (χ1n) is 30.2. The van der Waals surface area contributed by atoms with Crippen molar-refractivity contribution >= 4 is 5.97 Å². The number of carbonyl (C=O) groups excluding carboxylic acids is 1. The van der Waals surface area contributed by atoms with E-state index in [4.69, 9.17) is 28.4 Å². The van der Waals surface area contributed by atoms with Gasteiger partial charge in [-0.1, -0.05) is 197 Å². The normalized spacial score (nSPS) is 24.9. The molecule has 0 aromatic rings. The van der Waals surface area contributed by atoms with E-state index in [1.165, 1.54) is 135 Å². The quantitative estimate of drug-likeness (QED) is 0.0172. The molecule has 7 N–H and O–H groups in total. The van der Waals surface area contributed by atoms with Crippen LogP contribution in [0.3, 0.4) is 0 Å². The number of ether oxygens (including phenoxy) is 6. The van der Waals surface area contributed by atoms with E-state index in [2.05, 4.69) is 62.5 Å². The van der Waals surface area contributed by atoms with E-state index in [0.29, 0.717) is 13.0 Å². The lowest BCUT2D eigenvalue weighted by atomic mass is 9.98. The summed E-state index contributed by atoms with van der Waals surface area (Å²) >= 11 is 0. The topological polar surface area (TPSA) is 214 Å². The van der Waals surface area contributed by atoms with E-state index in [1.807, 2.05) is 0 Å². The van der Waals surface area contributed by atoms with Gasteiger partial charge in [-0.2, -0.15) is 0 Å². The summed E-state index contributed by atoms with van der Waals surface area (Å²) in [7, 11) is 0. The van der Waals surface area contributed by atoms with Crippen molar-refractivity contribution < 1.29 is 69.0 Å². The molecule has 0 spiro atoms. The summed E-state index contributed by atoms with van der Waals surface area (Å²) in [5.74, 6) is -0.388. The molecule has 0 saturated carbocycles. The molecule has 14 nitrogen and oxygen atoms in total. The Labute approximate surface area is 454 Å². The Bertz CT molecular complexity index is 1420. The van der Waals surface area contributed by atoms with Crippen LogP contribution in [0.5, 0.6) is 0 Å². The largest absolute Gasteiger partial charge is 0.457 e.